The maximum atomic E-state index is 13.1. The second-order valence-corrected chi connectivity index (χ2v) is 7.41. The minimum Gasteiger partial charge on any atom is -0.475 e. The van der Waals surface area contributed by atoms with Crippen LogP contribution in [0.5, 0.6) is 0 Å². The van der Waals surface area contributed by atoms with E-state index in [-0.39, 0.29) is 5.91 Å². The van der Waals surface area contributed by atoms with Gasteiger partial charge in [-0.2, -0.15) is 13.2 Å². The molecule has 4 rings (SSSR count). The molecule has 1 aromatic heterocycles. The molecule has 0 radical (unpaired) electrons. The molecule has 0 bridgehead atoms. The molecule has 9 heteroatoms. The van der Waals surface area contributed by atoms with Crippen LogP contribution in [-0.4, -0.2) is 69.7 Å². The maximum Gasteiger partial charge on any atom is 0.490 e. The third-order valence-corrected chi connectivity index (χ3v) is 5.46. The van der Waals surface area contributed by atoms with Crippen LogP contribution in [0.1, 0.15) is 29.6 Å². The first-order chi connectivity index (χ1) is 13.7. The zero-order chi connectivity index (χ0) is 21.2. The van der Waals surface area contributed by atoms with Crippen LogP contribution in [0.25, 0.3) is 10.9 Å². The molecule has 3 heterocycles. The molecular formula is C20H24F3N3O3. The van der Waals surface area contributed by atoms with E-state index >= 15 is 0 Å². The van der Waals surface area contributed by atoms with Gasteiger partial charge in [0.1, 0.15) is 0 Å². The molecule has 0 aliphatic carbocycles. The number of nitrogens with zero attached hydrogens (tertiary/aromatic N) is 3. The van der Waals surface area contributed by atoms with Crippen molar-refractivity contribution in [3.8, 4) is 0 Å². The fourth-order valence-electron chi connectivity index (χ4n) is 4.07. The average Bonchev–Trinajstić information content (AvgIpc) is 3.19. The Hall–Kier alpha value is -2.55. The lowest BCUT2D eigenvalue weighted by molar-refractivity contribution is -0.192. The van der Waals surface area contributed by atoms with Crippen molar-refractivity contribution in [1.29, 1.82) is 0 Å². The Morgan fingerprint density at radius 3 is 2.45 bits per heavy atom. The first-order valence-corrected chi connectivity index (χ1v) is 9.56. The van der Waals surface area contributed by atoms with Crippen LogP contribution in [0, 0.1) is 0 Å². The van der Waals surface area contributed by atoms with Crippen LogP contribution >= 0.6 is 0 Å². The van der Waals surface area contributed by atoms with Crippen LogP contribution < -0.4 is 0 Å². The Bertz CT molecular complexity index is 894. The molecule has 0 spiro atoms. The number of fused-ring (bicyclic) bond motifs is 2. The van der Waals surface area contributed by atoms with Gasteiger partial charge in [-0.25, -0.2) is 4.79 Å². The van der Waals surface area contributed by atoms with Crippen LogP contribution in [0.2, 0.25) is 0 Å². The number of hydrogen-bond donors (Lipinski definition) is 1. The van der Waals surface area contributed by atoms with Crippen LogP contribution in [0.3, 0.4) is 0 Å². The van der Waals surface area contributed by atoms with Gasteiger partial charge in [0.05, 0.1) is 5.56 Å². The topological polar surface area (TPSA) is 65.8 Å². The molecule has 29 heavy (non-hydrogen) atoms. The molecular weight excluding hydrogens is 387 g/mol. The first-order valence-electron chi connectivity index (χ1n) is 9.56. The second kappa shape index (κ2) is 8.44. The van der Waals surface area contributed by atoms with E-state index < -0.39 is 12.1 Å². The van der Waals surface area contributed by atoms with Gasteiger partial charge in [0, 0.05) is 49.8 Å². The van der Waals surface area contributed by atoms with E-state index in [9.17, 15) is 18.0 Å². The number of amides is 1. The van der Waals surface area contributed by atoms with Gasteiger partial charge < -0.3 is 14.6 Å². The highest BCUT2D eigenvalue weighted by molar-refractivity contribution is 6.07. The number of carboxylic acid groups (broad SMARTS) is 1. The molecule has 1 atom stereocenters. The number of benzene rings is 1. The normalized spacial score (nSPS) is 20.0. The Labute approximate surface area is 166 Å². The molecule has 2 aliphatic rings. The number of aryl methyl sites for hydroxylation is 1. The summed E-state index contributed by atoms with van der Waals surface area (Å²) in [7, 11) is 2.01. The minimum absolute atomic E-state index is 0.200. The van der Waals surface area contributed by atoms with Crippen molar-refractivity contribution < 1.29 is 27.9 Å². The summed E-state index contributed by atoms with van der Waals surface area (Å²) in [6.45, 7) is 4.13. The van der Waals surface area contributed by atoms with Gasteiger partial charge in [0.15, 0.2) is 0 Å². The fourth-order valence-corrected chi connectivity index (χ4v) is 4.07. The fraction of sp³-hybridized carbons (Fsp3) is 0.500. The van der Waals surface area contributed by atoms with Crippen molar-refractivity contribution >= 4 is 22.8 Å². The molecule has 0 saturated carbocycles. The molecule has 2 aromatic rings. The predicted octanol–water partition coefficient (Wildman–Crippen LogP) is 3.12. The highest BCUT2D eigenvalue weighted by atomic mass is 19.4. The van der Waals surface area contributed by atoms with E-state index in [1.807, 2.05) is 25.4 Å². The summed E-state index contributed by atoms with van der Waals surface area (Å²) in [5.41, 5.74) is 1.98. The summed E-state index contributed by atoms with van der Waals surface area (Å²) < 4.78 is 33.8. The number of aliphatic carboxylic acids is 1. The summed E-state index contributed by atoms with van der Waals surface area (Å²) in [5, 5.41) is 8.20. The van der Waals surface area contributed by atoms with Gasteiger partial charge in [-0.05, 0) is 31.9 Å². The second-order valence-electron chi connectivity index (χ2n) is 7.41. The van der Waals surface area contributed by atoms with Gasteiger partial charge >= 0.3 is 12.1 Å². The molecule has 158 valence electrons. The van der Waals surface area contributed by atoms with E-state index in [2.05, 4.69) is 26.5 Å². The van der Waals surface area contributed by atoms with E-state index in [0.717, 1.165) is 42.5 Å². The van der Waals surface area contributed by atoms with Crippen molar-refractivity contribution in [1.82, 2.24) is 14.4 Å². The summed E-state index contributed by atoms with van der Waals surface area (Å²) in [6, 6.07) is 8.75. The summed E-state index contributed by atoms with van der Waals surface area (Å²) in [4.78, 5) is 26.6. The first kappa shape index (κ1) is 21.2. The van der Waals surface area contributed by atoms with Gasteiger partial charge in [-0.1, -0.05) is 18.2 Å². The van der Waals surface area contributed by atoms with Crippen LogP contribution in [0.4, 0.5) is 13.2 Å². The quantitative estimate of drug-likeness (QED) is 0.783. The van der Waals surface area contributed by atoms with Gasteiger partial charge in [-0.3, -0.25) is 9.69 Å². The van der Waals surface area contributed by atoms with Crippen molar-refractivity contribution in [3.05, 3.63) is 36.0 Å². The molecule has 1 amide bonds. The molecule has 2 fully saturated rings. The number of carbonyl (C=O) groups is 2. The van der Waals surface area contributed by atoms with Crippen LogP contribution in [0.15, 0.2) is 30.5 Å². The molecule has 2 saturated heterocycles. The van der Waals surface area contributed by atoms with Crippen molar-refractivity contribution in [2.75, 3.05) is 26.2 Å². The zero-order valence-electron chi connectivity index (χ0n) is 16.2. The SMILES string of the molecule is Cn1cc(C(=O)N2CCCN3CCCC3C2)c2ccccc21.O=C(O)C(F)(F)F. The van der Waals surface area contributed by atoms with Crippen LogP contribution in [-0.2, 0) is 11.8 Å². The number of aromatic nitrogens is 1. The van der Waals surface area contributed by atoms with Gasteiger partial charge in [0.25, 0.3) is 5.91 Å². The summed E-state index contributed by atoms with van der Waals surface area (Å²) in [6.07, 6.45) is 0.512. The van der Waals surface area contributed by atoms with E-state index in [1.54, 1.807) is 0 Å². The Morgan fingerprint density at radius 1 is 1.10 bits per heavy atom. The monoisotopic (exact) mass is 411 g/mol. The van der Waals surface area contributed by atoms with Crippen molar-refractivity contribution in [3.63, 3.8) is 0 Å². The number of carbonyl (C=O) groups excluding carboxylic acids is 1. The Morgan fingerprint density at radius 2 is 1.76 bits per heavy atom. The average molecular weight is 411 g/mol. The minimum atomic E-state index is -5.08. The Balaban J connectivity index is 0.000000298. The third-order valence-electron chi connectivity index (χ3n) is 5.46. The smallest absolute Gasteiger partial charge is 0.475 e. The number of para-hydroxylation sites is 1. The summed E-state index contributed by atoms with van der Waals surface area (Å²) in [5.74, 6) is -2.56. The maximum absolute atomic E-state index is 13.1. The van der Waals surface area contributed by atoms with Crippen molar-refractivity contribution in [2.24, 2.45) is 7.05 Å². The molecule has 1 N–H and O–H groups in total. The van der Waals surface area contributed by atoms with Crippen molar-refractivity contribution in [2.45, 2.75) is 31.5 Å². The summed E-state index contributed by atoms with van der Waals surface area (Å²) >= 11 is 0. The van der Waals surface area contributed by atoms with Gasteiger partial charge in [-0.15, -0.1) is 0 Å². The largest absolute Gasteiger partial charge is 0.490 e. The number of rotatable bonds is 1. The lowest BCUT2D eigenvalue weighted by atomic mass is 10.1. The molecule has 1 aromatic carbocycles. The van der Waals surface area contributed by atoms with E-state index in [4.69, 9.17) is 9.90 Å². The third kappa shape index (κ3) is 4.72. The highest BCUT2D eigenvalue weighted by Gasteiger charge is 2.38. The Kier molecular flexibility index (Phi) is 6.16. The highest BCUT2D eigenvalue weighted by Crippen LogP contribution is 2.25. The number of halogens is 3. The van der Waals surface area contributed by atoms with Gasteiger partial charge in [0.2, 0.25) is 0 Å². The standard InChI is InChI=1S/C18H23N3O.C2HF3O2/c1-19-13-16(15-7-2-3-8-17(15)19)18(22)21-11-5-10-20-9-4-6-14(20)12-21;3-2(4,5)1(6)7/h2-3,7-8,13-14H,4-6,9-12H2,1H3;(H,6,7). The number of carboxylic acids is 1. The molecule has 2 aliphatic heterocycles. The molecule has 6 nitrogen and oxygen atoms in total. The lowest BCUT2D eigenvalue weighted by Gasteiger charge is -2.25. The lowest BCUT2D eigenvalue weighted by Crippen LogP contribution is -2.39. The number of hydrogen-bond acceptors (Lipinski definition) is 3. The van der Waals surface area contributed by atoms with E-state index in [0.29, 0.717) is 6.04 Å². The van der Waals surface area contributed by atoms with E-state index in [1.165, 1.54) is 19.4 Å². The zero-order valence-corrected chi connectivity index (χ0v) is 16.2. The molecule has 1 unspecified atom stereocenters. The predicted molar refractivity (Wildman–Crippen MR) is 102 cm³/mol. The number of alkyl halides is 3.